The molecule has 8 heteroatoms. The monoisotopic (exact) mass is 400 g/mol. The molecule has 1 saturated heterocycles. The summed E-state index contributed by atoms with van der Waals surface area (Å²) in [7, 11) is 0. The summed E-state index contributed by atoms with van der Waals surface area (Å²) in [5.41, 5.74) is 2.22. The maximum absolute atomic E-state index is 12.8. The van der Waals surface area contributed by atoms with E-state index in [-0.39, 0.29) is 24.3 Å². The molecule has 1 aromatic carbocycles. The summed E-state index contributed by atoms with van der Waals surface area (Å²) < 4.78 is 0. The van der Waals surface area contributed by atoms with E-state index in [1.165, 1.54) is 11.3 Å². The molecule has 0 aromatic heterocycles. The molecule has 2 aliphatic heterocycles. The lowest BCUT2D eigenvalue weighted by Gasteiger charge is -2.29. The number of hydrogen-bond acceptors (Lipinski definition) is 4. The molecule has 1 aromatic rings. The van der Waals surface area contributed by atoms with Gasteiger partial charge in [-0.1, -0.05) is 38.3 Å². The fourth-order valence-electron chi connectivity index (χ4n) is 3.71. The fraction of sp³-hybridized carbons (Fsp3) is 0.524. The fourth-order valence-corrected chi connectivity index (χ4v) is 3.71. The Morgan fingerprint density at radius 3 is 2.76 bits per heavy atom. The Kier molecular flexibility index (Phi) is 6.85. The van der Waals surface area contributed by atoms with Crippen LogP contribution in [-0.4, -0.2) is 41.2 Å². The maximum atomic E-state index is 12.8. The van der Waals surface area contributed by atoms with E-state index < -0.39 is 11.9 Å². The predicted molar refractivity (Wildman–Crippen MR) is 107 cm³/mol. The van der Waals surface area contributed by atoms with Crippen LogP contribution in [0.25, 0.3) is 0 Å². The van der Waals surface area contributed by atoms with Crippen molar-refractivity contribution in [3.63, 3.8) is 0 Å². The van der Waals surface area contributed by atoms with E-state index in [2.05, 4.69) is 22.9 Å². The lowest BCUT2D eigenvalue weighted by atomic mass is 10.0. The molecule has 2 heterocycles. The lowest BCUT2D eigenvalue weighted by Crippen LogP contribution is -2.52. The molecule has 2 aliphatic rings. The Labute approximate surface area is 170 Å². The predicted octanol–water partition coefficient (Wildman–Crippen LogP) is 1.83. The van der Waals surface area contributed by atoms with Crippen LogP contribution in [-0.2, 0) is 22.7 Å². The van der Waals surface area contributed by atoms with Crippen molar-refractivity contribution >= 4 is 23.8 Å². The quantitative estimate of drug-likeness (QED) is 0.457. The molecule has 0 spiro atoms. The van der Waals surface area contributed by atoms with Crippen molar-refractivity contribution in [3.05, 3.63) is 34.9 Å². The molecule has 8 nitrogen and oxygen atoms in total. The van der Waals surface area contributed by atoms with Gasteiger partial charge in [0.2, 0.25) is 11.8 Å². The second kappa shape index (κ2) is 9.54. The minimum absolute atomic E-state index is 0.211. The first-order valence-corrected chi connectivity index (χ1v) is 10.3. The summed E-state index contributed by atoms with van der Waals surface area (Å²) in [4.78, 5) is 49.7. The molecule has 3 rings (SSSR count). The molecule has 3 N–H and O–H groups in total. The third-order valence-corrected chi connectivity index (χ3v) is 5.36. The summed E-state index contributed by atoms with van der Waals surface area (Å²) in [5, 5.41) is 7.94. The molecule has 0 saturated carbocycles. The molecular formula is C21H28N4O4. The average Bonchev–Trinajstić information content (AvgIpc) is 3.02. The maximum Gasteiger partial charge on any atom is 0.315 e. The van der Waals surface area contributed by atoms with E-state index >= 15 is 0 Å². The molecule has 29 heavy (non-hydrogen) atoms. The third kappa shape index (κ3) is 5.13. The highest BCUT2D eigenvalue weighted by molar-refractivity contribution is 6.05. The van der Waals surface area contributed by atoms with Gasteiger partial charge in [0.1, 0.15) is 6.04 Å². The van der Waals surface area contributed by atoms with Gasteiger partial charge in [-0.05, 0) is 30.0 Å². The molecule has 1 atom stereocenters. The third-order valence-electron chi connectivity index (χ3n) is 5.36. The van der Waals surface area contributed by atoms with Gasteiger partial charge in [-0.25, -0.2) is 4.79 Å². The average molecular weight is 400 g/mol. The van der Waals surface area contributed by atoms with Crippen LogP contribution >= 0.6 is 0 Å². The molecule has 0 bridgehead atoms. The SMILES string of the molecule is CCCCCCNC(=O)NCc1ccc2c(c1)C(=O)N(C1CCC(=O)NC1=O)C2. The number of benzene rings is 1. The minimum Gasteiger partial charge on any atom is -0.338 e. The van der Waals surface area contributed by atoms with Crippen LogP contribution in [0.1, 0.15) is 66.9 Å². The number of unbranched alkanes of at least 4 members (excludes halogenated alkanes) is 3. The zero-order valence-corrected chi connectivity index (χ0v) is 16.8. The Balaban J connectivity index is 1.53. The van der Waals surface area contributed by atoms with Crippen molar-refractivity contribution in [2.75, 3.05) is 6.54 Å². The van der Waals surface area contributed by atoms with Crippen molar-refractivity contribution in [2.24, 2.45) is 0 Å². The van der Waals surface area contributed by atoms with E-state index in [9.17, 15) is 19.2 Å². The number of urea groups is 1. The Bertz CT molecular complexity index is 808. The van der Waals surface area contributed by atoms with Gasteiger partial charge in [0.05, 0.1) is 0 Å². The van der Waals surface area contributed by atoms with Crippen LogP contribution in [0.3, 0.4) is 0 Å². The molecule has 5 amide bonds. The van der Waals surface area contributed by atoms with E-state index in [1.807, 2.05) is 12.1 Å². The zero-order chi connectivity index (χ0) is 20.8. The number of rotatable bonds is 8. The van der Waals surface area contributed by atoms with Crippen LogP contribution in [0.15, 0.2) is 18.2 Å². The van der Waals surface area contributed by atoms with Gasteiger partial charge in [-0.15, -0.1) is 0 Å². The van der Waals surface area contributed by atoms with E-state index in [1.54, 1.807) is 6.07 Å². The summed E-state index contributed by atoms with van der Waals surface area (Å²) in [6.07, 6.45) is 4.97. The number of fused-ring (bicyclic) bond motifs is 1. The van der Waals surface area contributed by atoms with Gasteiger partial charge in [0.25, 0.3) is 5.91 Å². The number of nitrogens with one attached hydrogen (secondary N) is 3. The van der Waals surface area contributed by atoms with Gasteiger partial charge in [-0.3, -0.25) is 19.7 Å². The van der Waals surface area contributed by atoms with Crippen molar-refractivity contribution in [2.45, 2.75) is 64.6 Å². The Morgan fingerprint density at radius 1 is 1.17 bits per heavy atom. The topological polar surface area (TPSA) is 108 Å². The standard InChI is InChI=1S/C21H28N4O4/c1-2-3-4-5-10-22-21(29)23-12-14-6-7-15-13-25(20(28)16(15)11-14)17-8-9-18(26)24-19(17)27/h6-7,11,17H,2-5,8-10,12-13H2,1H3,(H2,22,23,29)(H,24,26,27). The highest BCUT2D eigenvalue weighted by Gasteiger charge is 2.39. The van der Waals surface area contributed by atoms with Gasteiger partial charge < -0.3 is 15.5 Å². The van der Waals surface area contributed by atoms with Crippen molar-refractivity contribution in [1.29, 1.82) is 0 Å². The molecule has 0 radical (unpaired) electrons. The number of nitrogens with zero attached hydrogens (tertiary/aromatic N) is 1. The van der Waals surface area contributed by atoms with Crippen LogP contribution in [0.5, 0.6) is 0 Å². The van der Waals surface area contributed by atoms with Crippen molar-refractivity contribution < 1.29 is 19.2 Å². The van der Waals surface area contributed by atoms with Crippen LogP contribution in [0.2, 0.25) is 0 Å². The minimum atomic E-state index is -0.618. The van der Waals surface area contributed by atoms with Crippen molar-refractivity contribution in [3.8, 4) is 0 Å². The smallest absolute Gasteiger partial charge is 0.315 e. The van der Waals surface area contributed by atoms with Gasteiger partial charge in [-0.2, -0.15) is 0 Å². The van der Waals surface area contributed by atoms with Crippen molar-refractivity contribution in [1.82, 2.24) is 20.9 Å². The molecular weight excluding hydrogens is 372 g/mol. The number of piperidine rings is 1. The molecule has 1 unspecified atom stereocenters. The molecule has 1 fully saturated rings. The zero-order valence-electron chi connectivity index (χ0n) is 16.8. The number of amides is 5. The van der Waals surface area contributed by atoms with E-state index in [4.69, 9.17) is 0 Å². The summed E-state index contributed by atoms with van der Waals surface area (Å²) in [6, 6.07) is 4.66. The van der Waals surface area contributed by atoms with Crippen LogP contribution in [0.4, 0.5) is 4.79 Å². The van der Waals surface area contributed by atoms with Gasteiger partial charge in [0, 0.05) is 31.6 Å². The molecule has 156 valence electrons. The number of carbonyl (C=O) groups excluding carboxylic acids is 4. The Hall–Kier alpha value is -2.90. The largest absolute Gasteiger partial charge is 0.338 e. The molecule has 0 aliphatic carbocycles. The highest BCUT2D eigenvalue weighted by atomic mass is 16.2. The van der Waals surface area contributed by atoms with Gasteiger partial charge >= 0.3 is 6.03 Å². The number of carbonyl (C=O) groups is 4. The van der Waals surface area contributed by atoms with E-state index in [0.717, 1.165) is 30.4 Å². The first kappa shape index (κ1) is 20.8. The number of imide groups is 1. The normalized spacial score (nSPS) is 18.4. The second-order valence-electron chi connectivity index (χ2n) is 7.56. The summed E-state index contributed by atoms with van der Waals surface area (Å²) in [6.45, 7) is 3.47. The Morgan fingerprint density at radius 2 is 2.00 bits per heavy atom. The summed E-state index contributed by atoms with van der Waals surface area (Å²) in [5.74, 6) is -0.927. The summed E-state index contributed by atoms with van der Waals surface area (Å²) >= 11 is 0. The second-order valence-corrected chi connectivity index (χ2v) is 7.56. The first-order chi connectivity index (χ1) is 14.0. The highest BCUT2D eigenvalue weighted by Crippen LogP contribution is 2.28. The van der Waals surface area contributed by atoms with E-state index in [0.29, 0.717) is 31.6 Å². The number of hydrogen-bond donors (Lipinski definition) is 3. The van der Waals surface area contributed by atoms with Gasteiger partial charge in [0.15, 0.2) is 0 Å². The lowest BCUT2D eigenvalue weighted by molar-refractivity contribution is -0.136. The van der Waals surface area contributed by atoms with Crippen LogP contribution in [0, 0.1) is 0 Å². The van der Waals surface area contributed by atoms with Crippen LogP contribution < -0.4 is 16.0 Å². The first-order valence-electron chi connectivity index (χ1n) is 10.3.